The maximum Gasteiger partial charge on any atom is 0.209 e. The number of aromatic amines is 1. The van der Waals surface area contributed by atoms with E-state index in [-0.39, 0.29) is 17.7 Å². The average molecular weight is 473 g/mol. The number of hydrogen-bond acceptors (Lipinski definition) is 3. The average Bonchev–Trinajstić information content (AvgIpc) is 3.49. The topological polar surface area (TPSA) is 62.7 Å². The molecule has 3 aromatic carbocycles. The summed E-state index contributed by atoms with van der Waals surface area (Å²) in [5.41, 5.74) is 8.56. The number of H-pyrrole nitrogens is 1. The molecule has 5 aromatic rings. The van der Waals surface area contributed by atoms with Crippen LogP contribution in [0.15, 0.2) is 90.3 Å². The summed E-state index contributed by atoms with van der Waals surface area (Å²) >= 11 is 0. The molecule has 7 rings (SSSR count). The molecule has 36 heavy (non-hydrogen) atoms. The zero-order valence-electron chi connectivity index (χ0n) is 20.5. The predicted molar refractivity (Wildman–Crippen MR) is 144 cm³/mol. The predicted octanol–water partition coefficient (Wildman–Crippen LogP) is 7.06. The van der Waals surface area contributed by atoms with Gasteiger partial charge in [-0.25, -0.2) is 4.98 Å². The summed E-state index contributed by atoms with van der Waals surface area (Å²) < 4.78 is 2.21. The summed E-state index contributed by atoms with van der Waals surface area (Å²) in [6, 6.07) is 25.1. The molecule has 0 bridgehead atoms. The van der Waals surface area contributed by atoms with Gasteiger partial charge in [0, 0.05) is 40.4 Å². The summed E-state index contributed by atoms with van der Waals surface area (Å²) in [7, 11) is 0. The van der Waals surface area contributed by atoms with E-state index >= 15 is 0 Å². The standard InChI is InChI=1S/C31H28N4O/c1-18(2)19-11-13-20(14-12-19)21-15-26-29(28(36)16-21)30(23-17-32-24-8-4-3-7-22(23)24)35-27-10-6-5-9-25(27)33-31(35)34-26/h3-14,17-18,21,30,32H,15-16H2,1-2H3,(H,33,34)/t21-,30-/m0/s1. The van der Waals surface area contributed by atoms with Crippen LogP contribution in [0.2, 0.25) is 0 Å². The van der Waals surface area contributed by atoms with Crippen LogP contribution >= 0.6 is 0 Å². The highest BCUT2D eigenvalue weighted by molar-refractivity contribution is 6.02. The van der Waals surface area contributed by atoms with Gasteiger partial charge in [0.1, 0.15) is 0 Å². The van der Waals surface area contributed by atoms with Crippen LogP contribution in [0.1, 0.15) is 61.3 Å². The minimum absolute atomic E-state index is 0.157. The number of rotatable bonds is 3. The Morgan fingerprint density at radius 1 is 0.944 bits per heavy atom. The number of anilines is 1. The van der Waals surface area contributed by atoms with Crippen molar-refractivity contribution in [2.45, 2.75) is 44.6 Å². The third kappa shape index (κ3) is 3.15. The first-order chi connectivity index (χ1) is 17.6. The van der Waals surface area contributed by atoms with E-state index in [1.165, 1.54) is 11.1 Å². The van der Waals surface area contributed by atoms with Crippen molar-refractivity contribution >= 4 is 33.7 Å². The molecule has 0 fully saturated rings. The molecule has 2 atom stereocenters. The number of allylic oxidation sites excluding steroid dienone is 2. The minimum atomic E-state index is -0.225. The van der Waals surface area contributed by atoms with Crippen LogP contribution < -0.4 is 5.32 Å². The Kier molecular flexibility index (Phi) is 4.68. The number of para-hydroxylation sites is 3. The highest BCUT2D eigenvalue weighted by Crippen LogP contribution is 2.47. The first-order valence-corrected chi connectivity index (χ1v) is 12.7. The van der Waals surface area contributed by atoms with Gasteiger partial charge in [0.05, 0.1) is 17.1 Å². The zero-order chi connectivity index (χ0) is 24.4. The molecule has 5 heteroatoms. The number of ketones is 1. The van der Waals surface area contributed by atoms with Gasteiger partial charge >= 0.3 is 0 Å². The Hall–Kier alpha value is -4.12. The maximum atomic E-state index is 14.0. The van der Waals surface area contributed by atoms with E-state index in [4.69, 9.17) is 4.98 Å². The number of carbonyl (C=O) groups excluding carboxylic acids is 1. The lowest BCUT2D eigenvalue weighted by atomic mass is 9.77. The van der Waals surface area contributed by atoms with E-state index in [1.54, 1.807) is 0 Å². The van der Waals surface area contributed by atoms with Crippen molar-refractivity contribution in [2.24, 2.45) is 0 Å². The molecule has 1 aliphatic carbocycles. The molecule has 0 saturated heterocycles. The molecule has 0 unspecified atom stereocenters. The monoisotopic (exact) mass is 472 g/mol. The van der Waals surface area contributed by atoms with Gasteiger partial charge in [0.2, 0.25) is 5.95 Å². The highest BCUT2D eigenvalue weighted by atomic mass is 16.1. The lowest BCUT2D eigenvalue weighted by Crippen LogP contribution is -2.33. The Labute approximate surface area is 209 Å². The van der Waals surface area contributed by atoms with Crippen molar-refractivity contribution < 1.29 is 4.79 Å². The number of nitrogens with one attached hydrogen (secondary N) is 2. The van der Waals surface area contributed by atoms with E-state index in [2.05, 4.69) is 83.4 Å². The first-order valence-electron chi connectivity index (χ1n) is 12.7. The molecular formula is C31H28N4O. The third-order valence-electron chi connectivity index (χ3n) is 7.89. The Bertz CT molecular complexity index is 1670. The zero-order valence-corrected chi connectivity index (χ0v) is 20.5. The van der Waals surface area contributed by atoms with Crippen LogP contribution in [0, 0.1) is 0 Å². The van der Waals surface area contributed by atoms with E-state index in [0.717, 1.165) is 51.1 Å². The van der Waals surface area contributed by atoms with Crippen LogP contribution in [0.3, 0.4) is 0 Å². The molecule has 0 spiro atoms. The van der Waals surface area contributed by atoms with Crippen molar-refractivity contribution in [3.63, 3.8) is 0 Å². The second kappa shape index (κ2) is 7.95. The lowest BCUT2D eigenvalue weighted by molar-refractivity contribution is -0.116. The fourth-order valence-electron chi connectivity index (χ4n) is 6.03. The third-order valence-corrected chi connectivity index (χ3v) is 7.89. The summed E-state index contributed by atoms with van der Waals surface area (Å²) in [6.45, 7) is 4.41. The van der Waals surface area contributed by atoms with Gasteiger partial charge in [-0.1, -0.05) is 68.4 Å². The normalized spacial score (nSPS) is 19.6. The summed E-state index contributed by atoms with van der Waals surface area (Å²) in [6.07, 6.45) is 3.38. The summed E-state index contributed by atoms with van der Waals surface area (Å²) in [5, 5.41) is 4.73. The lowest BCUT2D eigenvalue weighted by Gasteiger charge is -2.36. The highest BCUT2D eigenvalue weighted by Gasteiger charge is 2.40. The van der Waals surface area contributed by atoms with Crippen LogP contribution in [0.4, 0.5) is 5.95 Å². The smallest absolute Gasteiger partial charge is 0.209 e. The SMILES string of the molecule is CC(C)c1ccc([C@@H]2CC(=O)C3=C(C2)Nc2nc4ccccc4n2[C@H]3c2c[nH]c3ccccc23)cc1. The number of aromatic nitrogens is 3. The van der Waals surface area contributed by atoms with E-state index in [9.17, 15) is 4.79 Å². The quantitative estimate of drug-likeness (QED) is 0.296. The largest absolute Gasteiger partial charge is 0.361 e. The number of carbonyl (C=O) groups is 1. The second-order valence-corrected chi connectivity index (χ2v) is 10.4. The summed E-state index contributed by atoms with van der Waals surface area (Å²) in [4.78, 5) is 22.3. The van der Waals surface area contributed by atoms with E-state index < -0.39 is 0 Å². The molecule has 1 aliphatic heterocycles. The van der Waals surface area contributed by atoms with Crippen LogP contribution in [0.25, 0.3) is 21.9 Å². The molecule has 0 amide bonds. The van der Waals surface area contributed by atoms with Gasteiger partial charge < -0.3 is 10.3 Å². The second-order valence-electron chi connectivity index (χ2n) is 10.4. The Balaban J connectivity index is 1.39. The number of Topliss-reactive ketones (excluding diaryl/α,β-unsaturated/α-hetero) is 1. The van der Waals surface area contributed by atoms with Gasteiger partial charge in [-0.15, -0.1) is 0 Å². The molecule has 0 radical (unpaired) electrons. The van der Waals surface area contributed by atoms with Crippen molar-refractivity contribution in [1.29, 1.82) is 0 Å². The van der Waals surface area contributed by atoms with E-state index in [0.29, 0.717) is 12.3 Å². The fraction of sp³-hybridized carbons (Fsp3) is 0.226. The molecule has 2 aliphatic rings. The van der Waals surface area contributed by atoms with Crippen molar-refractivity contribution in [3.8, 4) is 0 Å². The van der Waals surface area contributed by atoms with E-state index in [1.807, 2.05) is 24.3 Å². The Morgan fingerprint density at radius 2 is 1.72 bits per heavy atom. The summed E-state index contributed by atoms with van der Waals surface area (Å²) in [5.74, 6) is 1.66. The van der Waals surface area contributed by atoms with Crippen molar-refractivity contribution in [1.82, 2.24) is 14.5 Å². The van der Waals surface area contributed by atoms with Gasteiger partial charge in [0.15, 0.2) is 5.78 Å². The number of nitrogens with zero attached hydrogens (tertiary/aromatic N) is 2. The number of fused-ring (bicyclic) bond motifs is 4. The molecule has 178 valence electrons. The first kappa shape index (κ1) is 21.2. The van der Waals surface area contributed by atoms with Gasteiger partial charge in [-0.2, -0.15) is 0 Å². The Morgan fingerprint density at radius 3 is 2.56 bits per heavy atom. The van der Waals surface area contributed by atoms with Gasteiger partial charge in [-0.05, 0) is 47.6 Å². The van der Waals surface area contributed by atoms with Gasteiger partial charge in [0.25, 0.3) is 0 Å². The van der Waals surface area contributed by atoms with Crippen LogP contribution in [-0.4, -0.2) is 20.3 Å². The molecule has 2 aromatic heterocycles. The van der Waals surface area contributed by atoms with Crippen molar-refractivity contribution in [3.05, 3.63) is 107 Å². The van der Waals surface area contributed by atoms with Crippen LogP contribution in [-0.2, 0) is 4.79 Å². The van der Waals surface area contributed by atoms with Crippen molar-refractivity contribution in [2.75, 3.05) is 5.32 Å². The number of hydrogen-bond donors (Lipinski definition) is 2. The number of imidazole rings is 1. The van der Waals surface area contributed by atoms with Crippen LogP contribution in [0.5, 0.6) is 0 Å². The number of benzene rings is 3. The minimum Gasteiger partial charge on any atom is -0.361 e. The fourth-order valence-corrected chi connectivity index (χ4v) is 6.03. The van der Waals surface area contributed by atoms with Gasteiger partial charge in [-0.3, -0.25) is 9.36 Å². The molecular weight excluding hydrogens is 444 g/mol. The molecule has 2 N–H and O–H groups in total. The molecule has 0 saturated carbocycles. The molecule has 5 nitrogen and oxygen atoms in total. The molecule has 3 heterocycles. The maximum absolute atomic E-state index is 14.0.